The molecule has 0 saturated carbocycles. The van der Waals surface area contributed by atoms with Gasteiger partial charge >= 0.3 is 0 Å². The van der Waals surface area contributed by atoms with Crippen LogP contribution in [-0.2, 0) is 6.61 Å². The van der Waals surface area contributed by atoms with E-state index >= 15 is 0 Å². The maximum Gasteiger partial charge on any atom is 0.274 e. The molecule has 6 heteroatoms. The second-order valence-electron chi connectivity index (χ2n) is 6.55. The molecule has 142 valence electrons. The molecular formula is C23H15ClN2O2S. The van der Waals surface area contributed by atoms with E-state index in [9.17, 15) is 4.79 Å². The van der Waals surface area contributed by atoms with Crippen LogP contribution in [0.4, 0.5) is 0 Å². The van der Waals surface area contributed by atoms with Gasteiger partial charge in [-0.25, -0.2) is 9.38 Å². The maximum absolute atomic E-state index is 13.0. The van der Waals surface area contributed by atoms with Gasteiger partial charge in [0.2, 0.25) is 0 Å². The van der Waals surface area contributed by atoms with E-state index in [2.05, 4.69) is 4.98 Å². The fourth-order valence-electron chi connectivity index (χ4n) is 3.26. The molecule has 3 aromatic carbocycles. The summed E-state index contributed by atoms with van der Waals surface area (Å²) in [5.41, 5.74) is 3.33. The number of nitrogens with zero attached hydrogens (tertiary/aromatic N) is 2. The second kappa shape index (κ2) is 7.35. The number of aromatic nitrogens is 2. The molecule has 0 fully saturated rings. The van der Waals surface area contributed by atoms with Crippen molar-refractivity contribution in [2.24, 2.45) is 0 Å². The zero-order chi connectivity index (χ0) is 19.8. The fourth-order valence-corrected chi connectivity index (χ4v) is 4.42. The molecule has 29 heavy (non-hydrogen) atoms. The average Bonchev–Trinajstić information content (AvgIpc) is 3.25. The molecule has 0 N–H and O–H groups in total. The number of halogens is 1. The second-order valence-corrected chi connectivity index (χ2v) is 7.97. The van der Waals surface area contributed by atoms with Crippen molar-refractivity contribution in [3.63, 3.8) is 0 Å². The summed E-state index contributed by atoms with van der Waals surface area (Å²) in [6, 6.07) is 22.9. The number of benzene rings is 3. The third kappa shape index (κ3) is 3.28. The standard InChI is InChI=1S/C23H15ClN2O2S/c24-17-9-3-1-8-16(17)14-28-20-12-6-2-7-15(20)13-21-22(27)26-19-11-5-4-10-18(19)25-23(26)29-21/h1-13H,14H2. The van der Waals surface area contributed by atoms with Crippen molar-refractivity contribution < 1.29 is 4.74 Å². The lowest BCUT2D eigenvalue weighted by Gasteiger charge is -2.10. The zero-order valence-corrected chi connectivity index (χ0v) is 16.8. The number of hydrogen-bond acceptors (Lipinski definition) is 4. The van der Waals surface area contributed by atoms with Crippen LogP contribution in [0, 0.1) is 0 Å². The predicted molar refractivity (Wildman–Crippen MR) is 118 cm³/mol. The number of rotatable bonds is 4. The first-order valence-corrected chi connectivity index (χ1v) is 10.3. The molecule has 0 aliphatic rings. The van der Waals surface area contributed by atoms with Crippen LogP contribution in [0.1, 0.15) is 11.1 Å². The monoisotopic (exact) mass is 418 g/mol. The molecule has 0 atom stereocenters. The first-order valence-electron chi connectivity index (χ1n) is 9.08. The van der Waals surface area contributed by atoms with Crippen LogP contribution in [0.3, 0.4) is 0 Å². The Hall–Kier alpha value is -3.15. The van der Waals surface area contributed by atoms with Crippen molar-refractivity contribution in [2.75, 3.05) is 0 Å². The van der Waals surface area contributed by atoms with Gasteiger partial charge in [-0.2, -0.15) is 0 Å². The fraction of sp³-hybridized carbons (Fsp3) is 0.0435. The van der Waals surface area contributed by atoms with Gasteiger partial charge in [0.05, 0.1) is 15.6 Å². The van der Waals surface area contributed by atoms with E-state index in [4.69, 9.17) is 16.3 Å². The van der Waals surface area contributed by atoms with Crippen LogP contribution in [0.5, 0.6) is 5.75 Å². The molecule has 0 unspecified atom stereocenters. The molecule has 0 radical (unpaired) electrons. The average molecular weight is 419 g/mol. The summed E-state index contributed by atoms with van der Waals surface area (Å²) >= 11 is 7.60. The number of fused-ring (bicyclic) bond motifs is 3. The van der Waals surface area contributed by atoms with Gasteiger partial charge < -0.3 is 4.74 Å². The highest BCUT2D eigenvalue weighted by Gasteiger charge is 2.11. The molecule has 0 amide bonds. The van der Waals surface area contributed by atoms with Gasteiger partial charge in [0, 0.05) is 16.1 Å². The highest BCUT2D eigenvalue weighted by Crippen LogP contribution is 2.23. The Morgan fingerprint density at radius 2 is 1.76 bits per heavy atom. The molecule has 2 aromatic heterocycles. The molecule has 2 heterocycles. The minimum Gasteiger partial charge on any atom is -0.488 e. The van der Waals surface area contributed by atoms with Crippen molar-refractivity contribution in [3.8, 4) is 5.75 Å². The molecule has 0 aliphatic carbocycles. The summed E-state index contributed by atoms with van der Waals surface area (Å²) in [7, 11) is 0. The molecule has 4 nitrogen and oxygen atoms in total. The molecule has 5 rings (SSSR count). The highest BCUT2D eigenvalue weighted by molar-refractivity contribution is 7.15. The number of thiazole rings is 1. The van der Waals surface area contributed by atoms with Crippen LogP contribution < -0.4 is 14.8 Å². The van der Waals surface area contributed by atoms with E-state index in [-0.39, 0.29) is 5.56 Å². The van der Waals surface area contributed by atoms with Gasteiger partial charge in [-0.05, 0) is 30.3 Å². The third-order valence-electron chi connectivity index (χ3n) is 4.69. The Kier molecular flexibility index (Phi) is 4.54. The molecule has 0 bridgehead atoms. The number of ether oxygens (including phenoxy) is 1. The van der Waals surface area contributed by atoms with Crippen molar-refractivity contribution in [1.29, 1.82) is 0 Å². The Balaban J connectivity index is 1.55. The van der Waals surface area contributed by atoms with E-state index in [0.29, 0.717) is 26.9 Å². The molecule has 5 aromatic rings. The smallest absolute Gasteiger partial charge is 0.274 e. The van der Waals surface area contributed by atoms with E-state index in [1.54, 1.807) is 4.40 Å². The topological polar surface area (TPSA) is 43.6 Å². The SMILES string of the molecule is O=c1c(=Cc2ccccc2OCc2ccccc2Cl)sc2nc3ccccc3n12. The summed E-state index contributed by atoms with van der Waals surface area (Å²) in [6.07, 6.45) is 1.86. The Morgan fingerprint density at radius 3 is 2.66 bits per heavy atom. The number of para-hydroxylation sites is 3. The van der Waals surface area contributed by atoms with Crippen molar-refractivity contribution in [2.45, 2.75) is 6.61 Å². The van der Waals surface area contributed by atoms with Crippen LogP contribution >= 0.6 is 22.9 Å². The van der Waals surface area contributed by atoms with Crippen molar-refractivity contribution in [1.82, 2.24) is 9.38 Å². The van der Waals surface area contributed by atoms with Crippen molar-refractivity contribution >= 4 is 45.0 Å². The van der Waals surface area contributed by atoms with Crippen LogP contribution in [-0.4, -0.2) is 9.38 Å². The minimum atomic E-state index is -0.0698. The van der Waals surface area contributed by atoms with E-state index < -0.39 is 0 Å². The maximum atomic E-state index is 13.0. The first-order chi connectivity index (χ1) is 14.2. The Morgan fingerprint density at radius 1 is 1.00 bits per heavy atom. The Bertz CT molecular complexity index is 1460. The summed E-state index contributed by atoms with van der Waals surface area (Å²) in [5, 5.41) is 0.669. The summed E-state index contributed by atoms with van der Waals surface area (Å²) in [6.45, 7) is 0.354. The van der Waals surface area contributed by atoms with Crippen LogP contribution in [0.25, 0.3) is 22.1 Å². The summed E-state index contributed by atoms with van der Waals surface area (Å²) in [4.78, 5) is 18.2. The molecular weight excluding hydrogens is 404 g/mol. The third-order valence-corrected chi connectivity index (χ3v) is 6.03. The number of imidazole rings is 1. The lowest BCUT2D eigenvalue weighted by atomic mass is 10.2. The van der Waals surface area contributed by atoms with Gasteiger partial charge in [-0.3, -0.25) is 4.79 Å². The zero-order valence-electron chi connectivity index (χ0n) is 15.2. The lowest BCUT2D eigenvalue weighted by molar-refractivity contribution is 0.305. The normalized spacial score (nSPS) is 12.1. The molecule has 0 spiro atoms. The van der Waals surface area contributed by atoms with E-state index in [1.165, 1.54) is 11.3 Å². The predicted octanol–water partition coefficient (Wildman–Crippen LogP) is 4.69. The molecule has 0 aliphatic heterocycles. The largest absolute Gasteiger partial charge is 0.488 e. The minimum absolute atomic E-state index is 0.0698. The summed E-state index contributed by atoms with van der Waals surface area (Å²) in [5.74, 6) is 0.697. The quantitative estimate of drug-likeness (QED) is 0.425. The van der Waals surface area contributed by atoms with Gasteiger partial charge in [0.15, 0.2) is 4.96 Å². The van der Waals surface area contributed by atoms with Crippen molar-refractivity contribution in [3.05, 3.63) is 104 Å². The van der Waals surface area contributed by atoms with Gasteiger partial charge in [-0.1, -0.05) is 71.5 Å². The van der Waals surface area contributed by atoms with Gasteiger partial charge in [-0.15, -0.1) is 0 Å². The van der Waals surface area contributed by atoms with E-state index in [1.807, 2.05) is 78.9 Å². The van der Waals surface area contributed by atoms with E-state index in [0.717, 1.165) is 22.2 Å². The first kappa shape index (κ1) is 17.9. The highest BCUT2D eigenvalue weighted by atomic mass is 35.5. The van der Waals surface area contributed by atoms with Gasteiger partial charge in [0.25, 0.3) is 5.56 Å². The molecule has 0 saturated heterocycles. The van der Waals surface area contributed by atoms with Crippen LogP contribution in [0.15, 0.2) is 77.6 Å². The summed E-state index contributed by atoms with van der Waals surface area (Å²) < 4.78 is 8.29. The number of hydrogen-bond donors (Lipinski definition) is 0. The lowest BCUT2D eigenvalue weighted by Crippen LogP contribution is -2.22. The van der Waals surface area contributed by atoms with Gasteiger partial charge in [0.1, 0.15) is 12.4 Å². The van der Waals surface area contributed by atoms with Crippen LogP contribution in [0.2, 0.25) is 5.02 Å². The Labute approximate surface area is 175 Å².